The zero-order chi connectivity index (χ0) is 19.2. The molecule has 0 aliphatic heterocycles. The molecule has 7 heteroatoms. The van der Waals surface area contributed by atoms with Gasteiger partial charge in [0.05, 0.1) is 18.7 Å². The van der Waals surface area contributed by atoms with Crippen LogP contribution in [-0.4, -0.2) is 53.1 Å². The van der Waals surface area contributed by atoms with Crippen LogP contribution in [0.3, 0.4) is 0 Å². The number of hydrogen-bond donors (Lipinski definition) is 0. The maximum atomic E-state index is 12.9. The molecule has 3 aromatic rings. The lowest BCUT2D eigenvalue weighted by Gasteiger charge is -2.18. The van der Waals surface area contributed by atoms with Gasteiger partial charge in [0.25, 0.3) is 5.91 Å². The summed E-state index contributed by atoms with van der Waals surface area (Å²) < 4.78 is 10.5. The minimum absolute atomic E-state index is 0.204. The minimum Gasteiger partial charge on any atom is -0.475 e. The Labute approximate surface area is 158 Å². The summed E-state index contributed by atoms with van der Waals surface area (Å²) in [7, 11) is 3.30. The topological polar surface area (TPSA) is 77.4 Å². The quantitative estimate of drug-likeness (QED) is 0.598. The van der Waals surface area contributed by atoms with Gasteiger partial charge in [0.1, 0.15) is 18.0 Å². The van der Waals surface area contributed by atoms with Gasteiger partial charge < -0.3 is 14.4 Å². The zero-order valence-electron chi connectivity index (χ0n) is 15.7. The van der Waals surface area contributed by atoms with Crippen molar-refractivity contribution in [3.63, 3.8) is 0 Å². The maximum absolute atomic E-state index is 12.9. The normalized spacial score (nSPS) is 10.8. The highest BCUT2D eigenvalue weighted by Crippen LogP contribution is 2.18. The number of amides is 1. The number of hydrogen-bond acceptors (Lipinski definition) is 6. The molecule has 1 aromatic carbocycles. The molecule has 0 saturated carbocycles. The van der Waals surface area contributed by atoms with Crippen LogP contribution in [0.25, 0.3) is 10.9 Å². The summed E-state index contributed by atoms with van der Waals surface area (Å²) in [6.45, 7) is 2.98. The SMILES string of the molecule is COCCOc1ncccc1C(=O)N(C)Cc1nc(C)c2ccccc2n1. The van der Waals surface area contributed by atoms with Crippen molar-refractivity contribution in [2.24, 2.45) is 0 Å². The molecule has 0 spiro atoms. The molecule has 0 saturated heterocycles. The van der Waals surface area contributed by atoms with E-state index < -0.39 is 0 Å². The highest BCUT2D eigenvalue weighted by atomic mass is 16.5. The molecule has 0 fully saturated rings. The molecular formula is C20H22N4O3. The van der Waals surface area contributed by atoms with Crippen molar-refractivity contribution in [1.29, 1.82) is 0 Å². The van der Waals surface area contributed by atoms with Crippen LogP contribution in [0.5, 0.6) is 5.88 Å². The number of pyridine rings is 1. The van der Waals surface area contributed by atoms with Crippen LogP contribution < -0.4 is 4.74 Å². The van der Waals surface area contributed by atoms with E-state index in [1.807, 2.05) is 31.2 Å². The van der Waals surface area contributed by atoms with E-state index in [4.69, 9.17) is 9.47 Å². The van der Waals surface area contributed by atoms with Gasteiger partial charge in [-0.2, -0.15) is 0 Å². The third kappa shape index (κ3) is 4.38. The van der Waals surface area contributed by atoms with E-state index in [1.54, 1.807) is 37.4 Å². The molecule has 2 aromatic heterocycles. The van der Waals surface area contributed by atoms with Crippen molar-refractivity contribution in [1.82, 2.24) is 19.9 Å². The Hall–Kier alpha value is -3.06. The molecule has 140 valence electrons. The number of aryl methyl sites for hydroxylation is 1. The van der Waals surface area contributed by atoms with Gasteiger partial charge >= 0.3 is 0 Å². The summed E-state index contributed by atoms with van der Waals surface area (Å²) in [4.78, 5) is 27.7. The number of rotatable bonds is 7. The average molecular weight is 366 g/mol. The molecule has 0 aliphatic rings. The number of fused-ring (bicyclic) bond motifs is 1. The molecule has 0 bridgehead atoms. The second-order valence-electron chi connectivity index (χ2n) is 6.10. The summed E-state index contributed by atoms with van der Waals surface area (Å²) in [5.41, 5.74) is 2.15. The van der Waals surface area contributed by atoms with Gasteiger partial charge in [-0.1, -0.05) is 18.2 Å². The third-order valence-electron chi connectivity index (χ3n) is 4.09. The molecule has 3 rings (SSSR count). The maximum Gasteiger partial charge on any atom is 0.259 e. The van der Waals surface area contributed by atoms with Gasteiger partial charge in [-0.15, -0.1) is 0 Å². The molecule has 0 atom stereocenters. The van der Waals surface area contributed by atoms with Gasteiger partial charge in [-0.25, -0.2) is 15.0 Å². The summed E-state index contributed by atoms with van der Waals surface area (Å²) >= 11 is 0. The van der Waals surface area contributed by atoms with E-state index in [2.05, 4.69) is 15.0 Å². The Morgan fingerprint density at radius 2 is 1.93 bits per heavy atom. The lowest BCUT2D eigenvalue weighted by Crippen LogP contribution is -2.28. The summed E-state index contributed by atoms with van der Waals surface area (Å²) in [6.07, 6.45) is 1.59. The number of carbonyl (C=O) groups excluding carboxylic acids is 1. The standard InChI is InChI=1S/C20H22N4O3/c1-14-15-7-4-5-9-17(15)23-18(22-14)13-24(2)20(25)16-8-6-10-21-19(16)27-12-11-26-3/h4-10H,11-13H2,1-3H3. The molecule has 0 N–H and O–H groups in total. The lowest BCUT2D eigenvalue weighted by molar-refractivity contribution is 0.0772. The Balaban J connectivity index is 1.78. The zero-order valence-corrected chi connectivity index (χ0v) is 15.7. The Bertz CT molecular complexity index is 945. The van der Waals surface area contributed by atoms with Crippen molar-refractivity contribution >= 4 is 16.8 Å². The second-order valence-corrected chi connectivity index (χ2v) is 6.10. The number of para-hydroxylation sites is 1. The van der Waals surface area contributed by atoms with Crippen LogP contribution in [0, 0.1) is 6.92 Å². The largest absolute Gasteiger partial charge is 0.475 e. The summed E-state index contributed by atoms with van der Waals surface area (Å²) in [5, 5.41) is 1.01. The molecule has 0 aliphatic carbocycles. The fraction of sp³-hybridized carbons (Fsp3) is 0.300. The molecule has 2 heterocycles. The third-order valence-corrected chi connectivity index (χ3v) is 4.09. The van der Waals surface area contributed by atoms with Gasteiger partial charge in [0, 0.05) is 31.4 Å². The van der Waals surface area contributed by atoms with E-state index in [0.29, 0.717) is 30.5 Å². The number of aromatic nitrogens is 3. The first-order valence-electron chi connectivity index (χ1n) is 8.64. The van der Waals surface area contributed by atoms with Crippen molar-refractivity contribution < 1.29 is 14.3 Å². The molecule has 7 nitrogen and oxygen atoms in total. The van der Waals surface area contributed by atoms with Gasteiger partial charge in [-0.05, 0) is 25.1 Å². The predicted octanol–water partition coefficient (Wildman–Crippen LogP) is 2.63. The minimum atomic E-state index is -0.204. The van der Waals surface area contributed by atoms with Crippen molar-refractivity contribution in [3.05, 3.63) is 59.7 Å². The smallest absolute Gasteiger partial charge is 0.259 e. The van der Waals surface area contributed by atoms with Crippen molar-refractivity contribution in [2.75, 3.05) is 27.4 Å². The summed E-state index contributed by atoms with van der Waals surface area (Å²) in [6, 6.07) is 11.2. The van der Waals surface area contributed by atoms with Crippen LogP contribution >= 0.6 is 0 Å². The Kier molecular flexibility index (Phi) is 5.93. The number of benzene rings is 1. The van der Waals surface area contributed by atoms with Crippen LogP contribution in [0.4, 0.5) is 0 Å². The highest BCUT2D eigenvalue weighted by molar-refractivity contribution is 5.96. The van der Waals surface area contributed by atoms with Crippen molar-refractivity contribution in [2.45, 2.75) is 13.5 Å². The fourth-order valence-electron chi connectivity index (χ4n) is 2.75. The second kappa shape index (κ2) is 8.55. The Morgan fingerprint density at radius 1 is 1.11 bits per heavy atom. The van der Waals surface area contributed by atoms with Crippen molar-refractivity contribution in [3.8, 4) is 5.88 Å². The number of carbonyl (C=O) groups is 1. The van der Waals surface area contributed by atoms with Crippen LogP contribution in [0.2, 0.25) is 0 Å². The van der Waals surface area contributed by atoms with Crippen LogP contribution in [-0.2, 0) is 11.3 Å². The first kappa shape index (κ1) is 18.7. The van der Waals surface area contributed by atoms with Gasteiger partial charge in [-0.3, -0.25) is 4.79 Å². The van der Waals surface area contributed by atoms with Crippen LogP contribution in [0.1, 0.15) is 21.9 Å². The van der Waals surface area contributed by atoms with E-state index in [0.717, 1.165) is 16.6 Å². The average Bonchev–Trinajstić information content (AvgIpc) is 2.68. The molecule has 27 heavy (non-hydrogen) atoms. The predicted molar refractivity (Wildman–Crippen MR) is 102 cm³/mol. The number of methoxy groups -OCH3 is 1. The molecule has 0 radical (unpaired) electrons. The van der Waals surface area contributed by atoms with E-state index in [1.165, 1.54) is 0 Å². The van der Waals surface area contributed by atoms with E-state index in [9.17, 15) is 4.79 Å². The van der Waals surface area contributed by atoms with E-state index >= 15 is 0 Å². The van der Waals surface area contributed by atoms with E-state index in [-0.39, 0.29) is 12.5 Å². The lowest BCUT2D eigenvalue weighted by atomic mass is 10.2. The summed E-state index contributed by atoms with van der Waals surface area (Å²) in [5.74, 6) is 0.680. The molecule has 1 amide bonds. The van der Waals surface area contributed by atoms with Gasteiger partial charge in [0.15, 0.2) is 0 Å². The first-order chi connectivity index (χ1) is 13.1. The van der Waals surface area contributed by atoms with Crippen LogP contribution in [0.15, 0.2) is 42.6 Å². The monoisotopic (exact) mass is 366 g/mol. The number of ether oxygens (including phenoxy) is 2. The van der Waals surface area contributed by atoms with Gasteiger partial charge in [0.2, 0.25) is 5.88 Å². The molecular weight excluding hydrogens is 344 g/mol. The Morgan fingerprint density at radius 3 is 2.74 bits per heavy atom. The molecule has 0 unspecified atom stereocenters. The first-order valence-corrected chi connectivity index (χ1v) is 8.64. The number of nitrogens with zero attached hydrogens (tertiary/aromatic N) is 4. The fourth-order valence-corrected chi connectivity index (χ4v) is 2.75. The highest BCUT2D eigenvalue weighted by Gasteiger charge is 2.19.